The maximum Gasteiger partial charge on any atom is 0.187 e. The molecule has 5 nitrogen and oxygen atoms in total. The van der Waals surface area contributed by atoms with Crippen LogP contribution in [0.3, 0.4) is 0 Å². The summed E-state index contributed by atoms with van der Waals surface area (Å²) in [6, 6.07) is 59.5. The van der Waals surface area contributed by atoms with Gasteiger partial charge < -0.3 is 14.2 Å². The van der Waals surface area contributed by atoms with E-state index in [1.54, 1.807) is 0 Å². The number of anilines is 6. The molecule has 0 radical (unpaired) electrons. The first-order valence-corrected chi connectivity index (χ1v) is 16.7. The molecule has 1 heterocycles. The highest BCUT2D eigenvalue weighted by atomic mass is 16.3. The molecule has 0 amide bonds. The summed E-state index contributed by atoms with van der Waals surface area (Å²) in [6.45, 7) is 7.55. The van der Waals surface area contributed by atoms with Gasteiger partial charge in [-0.1, -0.05) is 97.1 Å². The van der Waals surface area contributed by atoms with Gasteiger partial charge in [0.15, 0.2) is 16.9 Å². The summed E-state index contributed by atoms with van der Waals surface area (Å²) >= 11 is 0. The fourth-order valence-corrected chi connectivity index (χ4v) is 7.13. The van der Waals surface area contributed by atoms with E-state index in [9.17, 15) is 5.26 Å². The second-order valence-electron chi connectivity index (χ2n) is 12.4. The van der Waals surface area contributed by atoms with E-state index in [1.165, 1.54) is 0 Å². The quantitative estimate of drug-likeness (QED) is 0.168. The molecule has 0 N–H and O–H groups in total. The number of furan rings is 1. The molecule has 1 aromatic heterocycles. The molecule has 238 valence electrons. The Morgan fingerprint density at radius 2 is 0.902 bits per heavy atom. The van der Waals surface area contributed by atoms with Crippen molar-refractivity contribution in [1.29, 1.82) is 5.26 Å². The number of para-hydroxylation sites is 2. The number of rotatable bonds is 6. The fraction of sp³-hybridized carbons (Fsp3) is 0. The van der Waals surface area contributed by atoms with Crippen molar-refractivity contribution < 1.29 is 4.42 Å². The minimum atomic E-state index is 0.582. The Kier molecular flexibility index (Phi) is 7.17. The molecule has 0 unspecified atom stereocenters. The second kappa shape index (κ2) is 12.3. The molecule has 0 saturated heterocycles. The summed E-state index contributed by atoms with van der Waals surface area (Å²) in [5.74, 6) is 0. The fourth-order valence-electron chi connectivity index (χ4n) is 7.13. The zero-order chi connectivity index (χ0) is 34.3. The maximum atomic E-state index is 9.59. The van der Waals surface area contributed by atoms with E-state index in [-0.39, 0.29) is 0 Å². The van der Waals surface area contributed by atoms with Gasteiger partial charge >= 0.3 is 0 Å². The number of hydrogen-bond acceptors (Lipinski definition) is 4. The molecule has 51 heavy (non-hydrogen) atoms. The first-order valence-electron chi connectivity index (χ1n) is 16.7. The van der Waals surface area contributed by atoms with Gasteiger partial charge in [0.2, 0.25) is 0 Å². The van der Waals surface area contributed by atoms with Crippen molar-refractivity contribution >= 4 is 83.3 Å². The van der Waals surface area contributed by atoms with E-state index in [0.29, 0.717) is 11.3 Å². The van der Waals surface area contributed by atoms with Crippen LogP contribution in [0.1, 0.15) is 5.56 Å². The van der Waals surface area contributed by atoms with Crippen molar-refractivity contribution in [3.63, 3.8) is 0 Å². The first-order chi connectivity index (χ1) is 25.2. The van der Waals surface area contributed by atoms with Crippen molar-refractivity contribution in [1.82, 2.24) is 0 Å². The average Bonchev–Trinajstić information content (AvgIpc) is 3.61. The lowest BCUT2D eigenvalue weighted by Gasteiger charge is -2.26. The Hall–Kier alpha value is -7.34. The van der Waals surface area contributed by atoms with E-state index in [2.05, 4.69) is 106 Å². The van der Waals surface area contributed by atoms with Gasteiger partial charge in [-0.15, -0.1) is 0 Å². The summed E-state index contributed by atoms with van der Waals surface area (Å²) in [4.78, 5) is 8.06. The van der Waals surface area contributed by atoms with Crippen molar-refractivity contribution in [2.45, 2.75) is 0 Å². The van der Waals surface area contributed by atoms with Crippen molar-refractivity contribution in [3.8, 4) is 6.07 Å². The predicted octanol–water partition coefficient (Wildman–Crippen LogP) is 13.3. The Morgan fingerprint density at radius 3 is 1.35 bits per heavy atom. The molecule has 0 saturated carbocycles. The zero-order valence-corrected chi connectivity index (χ0v) is 27.4. The molecular weight excluding hydrogens is 625 g/mol. The summed E-state index contributed by atoms with van der Waals surface area (Å²) in [7, 11) is 0. The van der Waals surface area contributed by atoms with Crippen LogP contribution in [0.5, 0.6) is 0 Å². The second-order valence-corrected chi connectivity index (χ2v) is 12.4. The lowest BCUT2D eigenvalue weighted by Crippen LogP contribution is -2.10. The van der Waals surface area contributed by atoms with Crippen LogP contribution >= 0.6 is 0 Å². The number of nitriles is 1. The van der Waals surface area contributed by atoms with Crippen LogP contribution in [-0.4, -0.2) is 0 Å². The summed E-state index contributed by atoms with van der Waals surface area (Å²) < 4.78 is 7.28. The van der Waals surface area contributed by atoms with Crippen LogP contribution in [0.4, 0.5) is 39.8 Å². The van der Waals surface area contributed by atoms with E-state index < -0.39 is 0 Å². The maximum absolute atomic E-state index is 9.59. The molecule has 0 fully saturated rings. The first kappa shape index (κ1) is 29.8. The molecule has 5 heteroatoms. The Bertz CT molecular complexity index is 2620. The van der Waals surface area contributed by atoms with Gasteiger partial charge in [-0.25, -0.2) is 4.85 Å². The number of hydrogen-bond donors (Lipinski definition) is 0. The Labute approximate surface area is 294 Å². The van der Waals surface area contributed by atoms with Gasteiger partial charge in [0.05, 0.1) is 29.6 Å². The third-order valence-corrected chi connectivity index (χ3v) is 9.42. The van der Waals surface area contributed by atoms with E-state index >= 15 is 0 Å². The third-order valence-electron chi connectivity index (χ3n) is 9.42. The van der Waals surface area contributed by atoms with Crippen LogP contribution < -0.4 is 9.80 Å². The monoisotopic (exact) mass is 652 g/mol. The smallest absolute Gasteiger partial charge is 0.187 e. The van der Waals surface area contributed by atoms with Crippen LogP contribution in [-0.2, 0) is 0 Å². The summed E-state index contributed by atoms with van der Waals surface area (Å²) in [5.41, 5.74) is 8.24. The minimum Gasteiger partial charge on any atom is -0.452 e. The van der Waals surface area contributed by atoms with Crippen LogP contribution in [0.2, 0.25) is 0 Å². The molecule has 0 atom stereocenters. The van der Waals surface area contributed by atoms with Crippen LogP contribution in [0.15, 0.2) is 174 Å². The third kappa shape index (κ3) is 5.01. The molecule has 9 rings (SSSR count). The highest BCUT2D eigenvalue weighted by Crippen LogP contribution is 2.51. The van der Waals surface area contributed by atoms with Crippen molar-refractivity contribution in [2.75, 3.05) is 9.80 Å². The van der Waals surface area contributed by atoms with Gasteiger partial charge in [-0.3, -0.25) is 0 Å². The molecule has 0 aliphatic heterocycles. The largest absolute Gasteiger partial charge is 0.452 e. The molecule has 0 spiro atoms. The lowest BCUT2D eigenvalue weighted by atomic mass is 9.97. The van der Waals surface area contributed by atoms with Crippen LogP contribution in [0.25, 0.3) is 48.3 Å². The highest BCUT2D eigenvalue weighted by molar-refractivity contribution is 6.31. The molecule has 0 aliphatic rings. The Morgan fingerprint density at radius 1 is 0.490 bits per heavy atom. The van der Waals surface area contributed by atoms with Gasteiger partial charge in [0.1, 0.15) is 0 Å². The summed E-state index contributed by atoms with van der Waals surface area (Å²) in [6.07, 6.45) is 0. The van der Waals surface area contributed by atoms with Gasteiger partial charge in [0.25, 0.3) is 0 Å². The van der Waals surface area contributed by atoms with Crippen LogP contribution in [0, 0.1) is 17.9 Å². The van der Waals surface area contributed by atoms with E-state index in [1.807, 2.05) is 84.9 Å². The highest BCUT2D eigenvalue weighted by Gasteiger charge is 2.26. The van der Waals surface area contributed by atoms with E-state index in [4.69, 9.17) is 11.0 Å². The van der Waals surface area contributed by atoms with Gasteiger partial charge in [-0.2, -0.15) is 5.26 Å². The zero-order valence-electron chi connectivity index (χ0n) is 27.4. The van der Waals surface area contributed by atoms with Gasteiger partial charge in [0, 0.05) is 33.5 Å². The van der Waals surface area contributed by atoms with E-state index in [0.717, 1.165) is 77.6 Å². The number of fused-ring (bicyclic) bond motifs is 7. The molecule has 8 aromatic carbocycles. The van der Waals surface area contributed by atoms with Crippen molar-refractivity contribution in [3.05, 3.63) is 187 Å². The van der Waals surface area contributed by atoms with Crippen molar-refractivity contribution in [2.24, 2.45) is 0 Å². The molecule has 0 bridgehead atoms. The molecule has 0 aliphatic carbocycles. The predicted molar refractivity (Wildman–Crippen MR) is 209 cm³/mol. The average molecular weight is 653 g/mol. The summed E-state index contributed by atoms with van der Waals surface area (Å²) in [5, 5.41) is 16.0. The number of benzene rings is 8. The molecular formula is C46H28N4O. The lowest BCUT2D eigenvalue weighted by molar-refractivity contribution is 0.670. The standard InChI is InChI=1S/C46H28N4O/c1-48-34-22-26-38(27-23-34)50(36-16-6-3-7-17-36)42-29-33-13-9-11-19-40(33)44-43-39-18-10-8-12-32(39)28-41(45(43)51-46(42)44)49(35-14-4-2-5-15-35)37-24-20-31(30-47)21-25-37/h2-29H. The Balaban J connectivity index is 1.44. The number of nitrogens with zero attached hydrogens (tertiary/aromatic N) is 4. The topological polar surface area (TPSA) is 47.8 Å². The SMILES string of the molecule is [C-]#[N+]c1ccc(N(c2ccccc2)c2cc3ccccc3c3c2oc2c(N(c4ccccc4)c4ccc(C#N)cc4)cc4ccccc4c23)cc1. The van der Waals surface area contributed by atoms with Gasteiger partial charge in [-0.05, 0) is 94.3 Å². The molecule has 9 aromatic rings. The normalized spacial score (nSPS) is 11.1. The minimum absolute atomic E-state index is 0.582.